The fourth-order valence-corrected chi connectivity index (χ4v) is 6.14. The summed E-state index contributed by atoms with van der Waals surface area (Å²) >= 11 is 24.8. The fraction of sp³-hybridized carbons (Fsp3) is 0.114. The van der Waals surface area contributed by atoms with Gasteiger partial charge in [-0.3, -0.25) is 14.4 Å². The van der Waals surface area contributed by atoms with Crippen LogP contribution < -0.4 is 31.9 Å². The maximum absolute atomic E-state index is 13.6. The molecular formula is C35H23Cl4N6O8-. The lowest BCUT2D eigenvalue weighted by atomic mass is 10.1. The first-order chi connectivity index (χ1) is 25.4. The van der Waals surface area contributed by atoms with Crippen LogP contribution in [0.25, 0.3) is 28.9 Å². The van der Waals surface area contributed by atoms with Crippen LogP contribution in [0.1, 0.15) is 50.5 Å². The van der Waals surface area contributed by atoms with Crippen LogP contribution >= 0.6 is 46.4 Å². The van der Waals surface area contributed by atoms with E-state index in [1.54, 1.807) is 13.8 Å². The number of carbonyl (C=O) groups is 3. The Morgan fingerprint density at radius 2 is 1.45 bits per heavy atom. The van der Waals surface area contributed by atoms with Crippen LogP contribution in [0.3, 0.4) is 0 Å². The van der Waals surface area contributed by atoms with Crippen molar-refractivity contribution in [2.45, 2.75) is 13.8 Å². The number of esters is 2. The number of ether oxygens (including phenoxy) is 2. The zero-order valence-electron chi connectivity index (χ0n) is 27.3. The summed E-state index contributed by atoms with van der Waals surface area (Å²) in [7, 11) is 0. The Bertz CT molecular complexity index is 2680. The molecule has 0 saturated heterocycles. The minimum Gasteiger partial charge on any atom is -0.858 e. The molecule has 0 saturated carbocycles. The number of nitrogens with zero attached hydrogens (tertiary/aromatic N) is 4. The SMILES string of the molecule is CCOC(=O)c1c2c([nH]c(=O)/c1=C/C=CC=Cc1c(C(=O)OCC)c3c([O-])n(-c4cc(Cl)ccc4Cl)nc3[nH]c1=O)=NN(c1cc(Cl)ccc1Cl)C2=O. The maximum atomic E-state index is 13.6. The van der Waals surface area contributed by atoms with Crippen molar-refractivity contribution in [3.05, 3.63) is 128 Å². The molecule has 6 rings (SSSR count). The van der Waals surface area contributed by atoms with Gasteiger partial charge >= 0.3 is 11.9 Å². The van der Waals surface area contributed by atoms with Crippen molar-refractivity contribution in [1.29, 1.82) is 0 Å². The van der Waals surface area contributed by atoms with E-state index in [2.05, 4.69) is 20.2 Å². The topological polar surface area (TPSA) is 192 Å². The normalized spacial score (nSPS) is 13.0. The number of anilines is 1. The van der Waals surface area contributed by atoms with Crippen molar-refractivity contribution >= 4 is 93.1 Å². The molecule has 0 aliphatic carbocycles. The first kappa shape index (κ1) is 37.1. The number of carbonyl (C=O) groups excluding carboxylic acids is 3. The molecule has 0 atom stereocenters. The van der Waals surface area contributed by atoms with Crippen LogP contribution in [-0.2, 0) is 9.47 Å². The van der Waals surface area contributed by atoms with E-state index in [4.69, 9.17) is 55.9 Å². The Hall–Kier alpha value is -5.67. The summed E-state index contributed by atoms with van der Waals surface area (Å²) in [4.78, 5) is 71.5. The lowest BCUT2D eigenvalue weighted by Crippen LogP contribution is -2.41. The predicted octanol–water partition coefficient (Wildman–Crippen LogP) is 4.69. The number of amides is 1. The molecule has 53 heavy (non-hydrogen) atoms. The second-order valence-electron chi connectivity index (χ2n) is 10.9. The van der Waals surface area contributed by atoms with Crippen molar-refractivity contribution in [1.82, 2.24) is 19.7 Å². The van der Waals surface area contributed by atoms with Gasteiger partial charge in [-0.2, -0.15) is 5.01 Å². The monoisotopic (exact) mass is 795 g/mol. The van der Waals surface area contributed by atoms with E-state index in [1.807, 2.05) is 0 Å². The number of nitrogens with one attached hydrogen (secondary N) is 2. The van der Waals surface area contributed by atoms with Gasteiger partial charge < -0.3 is 24.5 Å². The van der Waals surface area contributed by atoms with Gasteiger partial charge in [0.1, 0.15) is 5.56 Å². The summed E-state index contributed by atoms with van der Waals surface area (Å²) < 4.78 is 11.3. The third-order valence-electron chi connectivity index (χ3n) is 7.66. The molecule has 14 nitrogen and oxygen atoms in total. The summed E-state index contributed by atoms with van der Waals surface area (Å²) in [5, 5.41) is 23.2. The minimum absolute atomic E-state index is 0.0641. The zero-order valence-corrected chi connectivity index (χ0v) is 30.4. The second-order valence-corrected chi connectivity index (χ2v) is 12.6. The number of hydrogen-bond acceptors (Lipinski definition) is 10. The Labute approximate surface area is 317 Å². The van der Waals surface area contributed by atoms with Gasteiger partial charge in [-0.25, -0.2) is 14.3 Å². The van der Waals surface area contributed by atoms with E-state index in [1.165, 1.54) is 66.8 Å². The molecule has 18 heteroatoms. The van der Waals surface area contributed by atoms with E-state index < -0.39 is 34.8 Å². The van der Waals surface area contributed by atoms with Gasteiger partial charge in [0.2, 0.25) is 0 Å². The number of aromatic nitrogens is 4. The number of aromatic amines is 2. The predicted molar refractivity (Wildman–Crippen MR) is 197 cm³/mol. The molecule has 1 aliphatic heterocycles. The lowest BCUT2D eigenvalue weighted by Gasteiger charge is -2.14. The number of allylic oxidation sites excluding steroid dienone is 3. The summed E-state index contributed by atoms with van der Waals surface area (Å²) in [5.74, 6) is -3.47. The molecule has 1 aliphatic rings. The highest BCUT2D eigenvalue weighted by Gasteiger charge is 2.34. The Balaban J connectivity index is 1.43. The molecule has 0 spiro atoms. The van der Waals surface area contributed by atoms with Gasteiger partial charge in [0.15, 0.2) is 11.1 Å². The quantitative estimate of drug-likeness (QED) is 0.157. The van der Waals surface area contributed by atoms with Crippen molar-refractivity contribution in [3.63, 3.8) is 0 Å². The molecule has 2 aromatic carbocycles. The van der Waals surface area contributed by atoms with Crippen LogP contribution in [0.15, 0.2) is 69.3 Å². The van der Waals surface area contributed by atoms with Gasteiger partial charge in [0, 0.05) is 21.3 Å². The fourth-order valence-electron chi connectivity index (χ4n) is 5.42. The smallest absolute Gasteiger partial charge is 0.339 e. The molecule has 0 fully saturated rings. The average Bonchev–Trinajstić information content (AvgIpc) is 3.61. The molecule has 0 unspecified atom stereocenters. The molecular weight excluding hydrogens is 774 g/mol. The molecule has 2 N–H and O–H groups in total. The average molecular weight is 797 g/mol. The van der Waals surface area contributed by atoms with Gasteiger partial charge in [-0.1, -0.05) is 64.6 Å². The number of benzene rings is 2. The van der Waals surface area contributed by atoms with Gasteiger partial charge in [-0.15, -0.1) is 10.2 Å². The van der Waals surface area contributed by atoms with E-state index in [-0.39, 0.29) is 88.7 Å². The number of fused-ring (bicyclic) bond motifs is 2. The molecule has 1 amide bonds. The van der Waals surface area contributed by atoms with Crippen LogP contribution in [-0.4, -0.2) is 50.8 Å². The van der Waals surface area contributed by atoms with E-state index in [0.29, 0.717) is 0 Å². The van der Waals surface area contributed by atoms with Gasteiger partial charge in [0.25, 0.3) is 17.0 Å². The summed E-state index contributed by atoms with van der Waals surface area (Å²) in [5.41, 5.74) is -2.87. The number of pyridine rings is 2. The third kappa shape index (κ3) is 6.97. The van der Waals surface area contributed by atoms with Crippen LogP contribution in [0, 0.1) is 0 Å². The van der Waals surface area contributed by atoms with Crippen molar-refractivity contribution < 1.29 is 29.0 Å². The van der Waals surface area contributed by atoms with Crippen molar-refractivity contribution in [2.24, 2.45) is 5.10 Å². The highest BCUT2D eigenvalue weighted by atomic mass is 35.5. The first-order valence-corrected chi connectivity index (χ1v) is 17.0. The van der Waals surface area contributed by atoms with Crippen molar-refractivity contribution in [2.75, 3.05) is 18.2 Å². The summed E-state index contributed by atoms with van der Waals surface area (Å²) in [6.45, 7) is 2.98. The zero-order chi connectivity index (χ0) is 38.1. The minimum atomic E-state index is -0.959. The Morgan fingerprint density at radius 1 is 0.830 bits per heavy atom. The third-order valence-corrected chi connectivity index (χ3v) is 8.77. The van der Waals surface area contributed by atoms with E-state index in [9.17, 15) is 29.1 Å². The summed E-state index contributed by atoms with van der Waals surface area (Å²) in [6.07, 6.45) is 6.54. The van der Waals surface area contributed by atoms with E-state index in [0.717, 1.165) is 9.69 Å². The van der Waals surface area contributed by atoms with Crippen LogP contribution in [0.4, 0.5) is 5.69 Å². The Kier molecular flexibility index (Phi) is 10.6. The van der Waals surface area contributed by atoms with Crippen LogP contribution in [0.5, 0.6) is 5.88 Å². The Morgan fingerprint density at radius 3 is 2.11 bits per heavy atom. The number of hydrogen-bond donors (Lipinski definition) is 2. The molecule has 3 aromatic heterocycles. The largest absolute Gasteiger partial charge is 0.858 e. The van der Waals surface area contributed by atoms with Crippen LogP contribution in [0.2, 0.25) is 20.1 Å². The maximum Gasteiger partial charge on any atom is 0.339 e. The second kappa shape index (κ2) is 15.1. The highest BCUT2D eigenvalue weighted by Crippen LogP contribution is 2.33. The number of H-pyrrole nitrogens is 2. The van der Waals surface area contributed by atoms with Crippen molar-refractivity contribution in [3.8, 4) is 11.6 Å². The first-order valence-electron chi connectivity index (χ1n) is 15.5. The van der Waals surface area contributed by atoms with Gasteiger partial charge in [0.05, 0.1) is 56.5 Å². The number of rotatable bonds is 9. The molecule has 270 valence electrons. The number of halogens is 4. The summed E-state index contributed by atoms with van der Waals surface area (Å²) in [6, 6.07) is 8.75. The molecule has 5 aromatic rings. The molecule has 4 heterocycles. The standard InChI is InChI=1S/C35H24Cl4N6O8/c1-3-52-34(50)24-18(30(46)40-28-26(24)32(48)44(42-28)22-14-16(36)10-12-20(22)38)8-6-5-7-9-19-25(35(51)53-4-2)27-29(41-31(19)47)43-45(33(27)49)23-15-17(37)11-13-21(23)39/h5-15,48H,3-4H2,1-2H3,(H,40,42,46)(H,41,43,47)/p-1/b7-5?,8-6?,19-9+. The highest BCUT2D eigenvalue weighted by molar-refractivity contribution is 6.36. The van der Waals surface area contributed by atoms with Gasteiger partial charge in [-0.05, 0) is 62.4 Å². The van der Waals surface area contributed by atoms with E-state index >= 15 is 0 Å². The molecule has 0 bridgehead atoms. The molecule has 0 radical (unpaired) electrons. The lowest BCUT2D eigenvalue weighted by molar-refractivity contribution is -0.275.